The molecule has 0 aliphatic carbocycles. The molecule has 0 amide bonds. The molecule has 0 heterocycles. The summed E-state index contributed by atoms with van der Waals surface area (Å²) in [6.45, 7) is 2.07. The molecule has 0 bridgehead atoms. The van der Waals surface area contributed by atoms with E-state index in [1.807, 2.05) is 12.1 Å². The Morgan fingerprint density at radius 3 is 2.42 bits per heavy atom. The van der Waals surface area contributed by atoms with Gasteiger partial charge in [0.1, 0.15) is 0 Å². The molecule has 0 atom stereocenters. The van der Waals surface area contributed by atoms with Gasteiger partial charge in [0.2, 0.25) is 0 Å². The molecule has 0 aromatic heterocycles. The van der Waals surface area contributed by atoms with Crippen LogP contribution >= 0.6 is 16.3 Å². The van der Waals surface area contributed by atoms with E-state index in [-0.39, 0.29) is 5.97 Å². The second-order valence-corrected chi connectivity index (χ2v) is 2.74. The van der Waals surface area contributed by atoms with Crippen molar-refractivity contribution in [1.82, 2.24) is 0 Å². The first-order valence-electron chi connectivity index (χ1n) is 3.69. The summed E-state index contributed by atoms with van der Waals surface area (Å²) >= 11 is 2.64. The molecule has 0 spiro atoms. The Morgan fingerprint density at radius 2 is 2.00 bits per heavy atom. The highest BCUT2D eigenvalue weighted by Gasteiger charge is 2.04. The second kappa shape index (κ2) is 4.26. The number of rotatable bonds is 2. The molecule has 1 aromatic carbocycles. The molecule has 0 aliphatic heterocycles. The summed E-state index contributed by atoms with van der Waals surface area (Å²) in [7, 11) is 0. The van der Waals surface area contributed by atoms with Crippen LogP contribution in [0, 0.1) is 0 Å². The van der Waals surface area contributed by atoms with Crippen molar-refractivity contribution in [3.8, 4) is 0 Å². The molecule has 0 saturated heterocycles. The van der Waals surface area contributed by atoms with Crippen molar-refractivity contribution in [2.45, 2.75) is 13.3 Å². The quantitative estimate of drug-likeness (QED) is 0.779. The third-order valence-electron chi connectivity index (χ3n) is 1.67. The molecule has 0 saturated carbocycles. The molecule has 0 aliphatic rings. The van der Waals surface area contributed by atoms with E-state index in [1.54, 1.807) is 12.1 Å². The number of aryl methyl sites for hydroxylation is 1. The molecule has 0 radical (unpaired) electrons. The van der Waals surface area contributed by atoms with Gasteiger partial charge in [0.05, 0.1) is 5.56 Å². The summed E-state index contributed by atoms with van der Waals surface area (Å²) in [5, 5.41) is 0. The van der Waals surface area contributed by atoms with E-state index in [4.69, 9.17) is 0 Å². The van der Waals surface area contributed by atoms with Crippen molar-refractivity contribution in [3.05, 3.63) is 35.4 Å². The van der Waals surface area contributed by atoms with Crippen molar-refractivity contribution in [2.24, 2.45) is 0 Å². The third kappa shape index (κ3) is 2.08. The molecule has 64 valence electrons. The summed E-state index contributed by atoms with van der Waals surface area (Å²) in [6.07, 6.45) is 0.976. The topological polar surface area (TPSA) is 26.3 Å². The number of halogens is 1. The van der Waals surface area contributed by atoms with Crippen LogP contribution in [0.3, 0.4) is 0 Å². The van der Waals surface area contributed by atoms with Crippen LogP contribution in [0.2, 0.25) is 0 Å². The van der Waals surface area contributed by atoms with E-state index < -0.39 is 0 Å². The van der Waals surface area contributed by atoms with Gasteiger partial charge in [-0.3, -0.25) is 0 Å². The van der Waals surface area contributed by atoms with Crippen molar-refractivity contribution in [2.75, 3.05) is 0 Å². The van der Waals surface area contributed by atoms with Crippen molar-refractivity contribution < 1.29 is 8.62 Å². The zero-order valence-corrected chi connectivity index (χ0v) is 8.30. The average Bonchev–Trinajstić information content (AvgIpc) is 2.17. The average molecular weight is 229 g/mol. The summed E-state index contributed by atoms with van der Waals surface area (Å²) in [5.41, 5.74) is 1.77. The zero-order chi connectivity index (χ0) is 8.97. The first-order chi connectivity index (χ1) is 5.77. The largest absolute Gasteiger partial charge is 0.380 e. The number of hydrogen-bond donors (Lipinski definition) is 0. The Labute approximate surface area is 80.0 Å². The normalized spacial score (nSPS) is 9.50. The van der Waals surface area contributed by atoms with Gasteiger partial charge < -0.3 is 3.83 Å². The lowest BCUT2D eigenvalue weighted by Gasteiger charge is -1.98. The minimum atomic E-state index is -0.363. The lowest BCUT2D eigenvalue weighted by atomic mass is 10.1. The lowest BCUT2D eigenvalue weighted by Crippen LogP contribution is -1.97. The molecular weight excluding hydrogens is 220 g/mol. The standard InChI is InChI=1S/C9H9BrO2/c1-2-7-3-5-8(6-4-7)9(11)12-10/h3-6H,2H2,1H3. The van der Waals surface area contributed by atoms with Gasteiger partial charge in [-0.1, -0.05) is 19.1 Å². The molecule has 0 fully saturated rings. The van der Waals surface area contributed by atoms with Crippen molar-refractivity contribution >= 4 is 22.2 Å². The maximum atomic E-state index is 10.9. The fourth-order valence-electron chi connectivity index (χ4n) is 0.921. The van der Waals surface area contributed by atoms with E-state index >= 15 is 0 Å². The molecule has 0 N–H and O–H groups in total. The monoisotopic (exact) mass is 228 g/mol. The van der Waals surface area contributed by atoms with E-state index in [0.717, 1.165) is 6.42 Å². The minimum absolute atomic E-state index is 0.363. The van der Waals surface area contributed by atoms with E-state index in [2.05, 4.69) is 27.0 Å². The van der Waals surface area contributed by atoms with E-state index in [9.17, 15) is 4.79 Å². The number of benzene rings is 1. The number of carbonyl (C=O) groups excluding carboxylic acids is 1. The maximum Gasteiger partial charge on any atom is 0.349 e. The summed E-state index contributed by atoms with van der Waals surface area (Å²) < 4.78 is 4.38. The van der Waals surface area contributed by atoms with Crippen molar-refractivity contribution in [1.29, 1.82) is 0 Å². The highest BCUT2D eigenvalue weighted by Crippen LogP contribution is 2.07. The molecule has 2 nitrogen and oxygen atoms in total. The van der Waals surface area contributed by atoms with Gasteiger partial charge >= 0.3 is 5.97 Å². The Hall–Kier alpha value is -0.830. The Bertz CT molecular complexity index is 266. The summed E-state index contributed by atoms with van der Waals surface area (Å²) in [5.74, 6) is -0.363. The maximum absolute atomic E-state index is 10.9. The van der Waals surface area contributed by atoms with Crippen LogP contribution < -0.4 is 0 Å². The molecule has 12 heavy (non-hydrogen) atoms. The Balaban J connectivity index is 2.84. The smallest absolute Gasteiger partial charge is 0.349 e. The van der Waals surface area contributed by atoms with Crippen LogP contribution in [-0.4, -0.2) is 5.97 Å². The Morgan fingerprint density at radius 1 is 1.42 bits per heavy atom. The van der Waals surface area contributed by atoms with Gasteiger partial charge in [-0.25, -0.2) is 4.79 Å². The molecule has 1 aromatic rings. The van der Waals surface area contributed by atoms with E-state index in [0.29, 0.717) is 5.56 Å². The molecule has 3 heteroatoms. The van der Waals surface area contributed by atoms with Gasteiger partial charge in [0, 0.05) is 0 Å². The number of hydrogen-bond acceptors (Lipinski definition) is 2. The molecule has 0 unspecified atom stereocenters. The van der Waals surface area contributed by atoms with Crippen LogP contribution in [-0.2, 0) is 10.2 Å². The SMILES string of the molecule is CCc1ccc(C(=O)OBr)cc1. The van der Waals surface area contributed by atoms with Crippen LogP contribution in [0.15, 0.2) is 24.3 Å². The highest BCUT2D eigenvalue weighted by atomic mass is 79.9. The van der Waals surface area contributed by atoms with Crippen LogP contribution in [0.25, 0.3) is 0 Å². The third-order valence-corrected chi connectivity index (χ3v) is 1.96. The Kier molecular flexibility index (Phi) is 3.29. The van der Waals surface area contributed by atoms with Gasteiger partial charge in [0.25, 0.3) is 0 Å². The van der Waals surface area contributed by atoms with Gasteiger partial charge in [0.15, 0.2) is 16.3 Å². The van der Waals surface area contributed by atoms with Crippen molar-refractivity contribution in [3.63, 3.8) is 0 Å². The van der Waals surface area contributed by atoms with E-state index in [1.165, 1.54) is 5.56 Å². The predicted molar refractivity (Wildman–Crippen MR) is 50.2 cm³/mol. The lowest BCUT2D eigenvalue weighted by molar-refractivity contribution is 0.0782. The molecular formula is C9H9BrO2. The van der Waals surface area contributed by atoms with Gasteiger partial charge in [-0.15, -0.1) is 0 Å². The fourth-order valence-corrected chi connectivity index (χ4v) is 1.11. The first kappa shape index (κ1) is 9.26. The van der Waals surface area contributed by atoms with Crippen LogP contribution in [0.5, 0.6) is 0 Å². The summed E-state index contributed by atoms with van der Waals surface area (Å²) in [4.78, 5) is 10.9. The fraction of sp³-hybridized carbons (Fsp3) is 0.222. The number of carbonyl (C=O) groups is 1. The van der Waals surface area contributed by atoms with Gasteiger partial charge in [-0.2, -0.15) is 0 Å². The molecule has 1 rings (SSSR count). The first-order valence-corrected chi connectivity index (χ1v) is 4.34. The second-order valence-electron chi connectivity index (χ2n) is 2.42. The van der Waals surface area contributed by atoms with Crippen LogP contribution in [0.4, 0.5) is 0 Å². The zero-order valence-electron chi connectivity index (χ0n) is 6.71. The predicted octanol–water partition coefficient (Wildman–Crippen LogP) is 2.72. The minimum Gasteiger partial charge on any atom is -0.380 e. The highest BCUT2D eigenvalue weighted by molar-refractivity contribution is 9.06. The van der Waals surface area contributed by atoms with Crippen LogP contribution in [0.1, 0.15) is 22.8 Å². The van der Waals surface area contributed by atoms with Gasteiger partial charge in [-0.05, 0) is 24.1 Å². The summed E-state index contributed by atoms with van der Waals surface area (Å²) in [6, 6.07) is 7.34.